The van der Waals surface area contributed by atoms with Gasteiger partial charge in [-0.05, 0) is 6.54 Å². The third-order valence-corrected chi connectivity index (χ3v) is 1.82. The Labute approximate surface area is 85.4 Å². The zero-order valence-electron chi connectivity index (χ0n) is 8.21. The number of nitriles is 1. The van der Waals surface area contributed by atoms with Crippen molar-refractivity contribution in [1.29, 1.82) is 5.26 Å². The second kappa shape index (κ2) is 5.56. The molecule has 0 fully saturated rings. The van der Waals surface area contributed by atoms with Crippen molar-refractivity contribution < 1.29 is 18.0 Å². The van der Waals surface area contributed by atoms with Crippen molar-refractivity contribution in [2.45, 2.75) is 13.1 Å². The van der Waals surface area contributed by atoms with Crippen molar-refractivity contribution >= 4 is 5.91 Å². The van der Waals surface area contributed by atoms with Crippen molar-refractivity contribution in [2.24, 2.45) is 11.7 Å². The van der Waals surface area contributed by atoms with Crippen molar-refractivity contribution in [1.82, 2.24) is 4.90 Å². The number of rotatable bonds is 5. The van der Waals surface area contributed by atoms with Crippen LogP contribution in [0.5, 0.6) is 0 Å². The summed E-state index contributed by atoms with van der Waals surface area (Å²) in [5.74, 6) is -2.80. The number of primary amides is 1. The molecule has 0 aliphatic rings. The van der Waals surface area contributed by atoms with Crippen molar-refractivity contribution in [3.05, 3.63) is 0 Å². The molecule has 7 heteroatoms. The number of hydrogen-bond acceptors (Lipinski definition) is 3. The van der Waals surface area contributed by atoms with Gasteiger partial charge in [-0.1, -0.05) is 6.92 Å². The SMILES string of the molecule is CCN(CC(N)=O)CC(C#N)C(F)(F)F. The molecule has 86 valence electrons. The number of amides is 1. The summed E-state index contributed by atoms with van der Waals surface area (Å²) in [4.78, 5) is 11.7. The predicted octanol–water partition coefficient (Wildman–Crippen LogP) is 0.496. The van der Waals surface area contributed by atoms with E-state index in [2.05, 4.69) is 0 Å². The first-order valence-corrected chi connectivity index (χ1v) is 4.28. The van der Waals surface area contributed by atoms with Gasteiger partial charge in [0.1, 0.15) is 0 Å². The Hall–Kier alpha value is -1.29. The largest absolute Gasteiger partial charge is 0.405 e. The summed E-state index contributed by atoms with van der Waals surface area (Å²) in [5.41, 5.74) is 4.85. The zero-order chi connectivity index (χ0) is 12.1. The number of carbonyl (C=O) groups is 1. The average molecular weight is 223 g/mol. The number of halogens is 3. The van der Waals surface area contributed by atoms with E-state index in [1.807, 2.05) is 0 Å². The number of likely N-dealkylation sites (N-methyl/N-ethyl adjacent to an activating group) is 1. The van der Waals surface area contributed by atoms with E-state index < -0.39 is 24.5 Å². The summed E-state index contributed by atoms with van der Waals surface area (Å²) in [5, 5.41) is 8.33. The minimum absolute atomic E-state index is 0.233. The quantitative estimate of drug-likeness (QED) is 0.737. The highest BCUT2D eigenvalue weighted by Crippen LogP contribution is 2.26. The van der Waals surface area contributed by atoms with Crippen LogP contribution in [-0.4, -0.2) is 36.6 Å². The van der Waals surface area contributed by atoms with E-state index in [-0.39, 0.29) is 13.1 Å². The van der Waals surface area contributed by atoms with Gasteiger partial charge in [0.05, 0.1) is 12.6 Å². The van der Waals surface area contributed by atoms with E-state index in [1.54, 1.807) is 6.92 Å². The maximum Gasteiger partial charge on any atom is 0.405 e. The molecule has 2 N–H and O–H groups in total. The predicted molar refractivity (Wildman–Crippen MR) is 46.5 cm³/mol. The van der Waals surface area contributed by atoms with Gasteiger partial charge in [-0.3, -0.25) is 9.69 Å². The van der Waals surface area contributed by atoms with Gasteiger partial charge in [-0.25, -0.2) is 0 Å². The number of nitrogens with zero attached hydrogens (tertiary/aromatic N) is 2. The first-order valence-electron chi connectivity index (χ1n) is 4.28. The van der Waals surface area contributed by atoms with Crippen LogP contribution in [0.25, 0.3) is 0 Å². The number of hydrogen-bond donors (Lipinski definition) is 1. The van der Waals surface area contributed by atoms with Crippen LogP contribution >= 0.6 is 0 Å². The lowest BCUT2D eigenvalue weighted by Gasteiger charge is -2.22. The number of alkyl halides is 3. The smallest absolute Gasteiger partial charge is 0.369 e. The van der Waals surface area contributed by atoms with Gasteiger partial charge in [0, 0.05) is 6.54 Å². The second-order valence-corrected chi connectivity index (χ2v) is 3.02. The van der Waals surface area contributed by atoms with Crippen LogP contribution in [0.1, 0.15) is 6.92 Å². The van der Waals surface area contributed by atoms with Crippen LogP contribution in [0.4, 0.5) is 13.2 Å². The monoisotopic (exact) mass is 223 g/mol. The number of nitrogens with two attached hydrogens (primary N) is 1. The first-order chi connectivity index (χ1) is 6.81. The van der Waals surface area contributed by atoms with Gasteiger partial charge in [-0.2, -0.15) is 18.4 Å². The maximum atomic E-state index is 12.2. The fraction of sp³-hybridized carbons (Fsp3) is 0.750. The molecule has 0 radical (unpaired) electrons. The van der Waals surface area contributed by atoms with E-state index in [0.29, 0.717) is 0 Å². The normalized spacial score (nSPS) is 13.6. The van der Waals surface area contributed by atoms with Gasteiger partial charge < -0.3 is 5.73 Å². The van der Waals surface area contributed by atoms with Gasteiger partial charge in [0.25, 0.3) is 0 Å². The number of carbonyl (C=O) groups excluding carboxylic acids is 1. The maximum absolute atomic E-state index is 12.2. The highest BCUT2D eigenvalue weighted by molar-refractivity contribution is 5.75. The van der Waals surface area contributed by atoms with Crippen molar-refractivity contribution in [3.8, 4) is 6.07 Å². The summed E-state index contributed by atoms with van der Waals surface area (Å²) in [7, 11) is 0. The lowest BCUT2D eigenvalue weighted by molar-refractivity contribution is -0.163. The Morgan fingerprint density at radius 3 is 2.40 bits per heavy atom. The molecule has 0 aromatic carbocycles. The van der Waals surface area contributed by atoms with Crippen LogP contribution in [0.2, 0.25) is 0 Å². The molecular weight excluding hydrogens is 211 g/mol. The molecule has 0 saturated carbocycles. The van der Waals surface area contributed by atoms with E-state index in [0.717, 1.165) is 6.07 Å². The van der Waals surface area contributed by atoms with Gasteiger partial charge in [-0.15, -0.1) is 0 Å². The Balaban J connectivity index is 4.39. The molecule has 0 aliphatic carbocycles. The van der Waals surface area contributed by atoms with Gasteiger partial charge >= 0.3 is 6.18 Å². The Kier molecular flexibility index (Phi) is 5.08. The highest BCUT2D eigenvalue weighted by Gasteiger charge is 2.40. The fourth-order valence-electron chi connectivity index (χ4n) is 1.00. The zero-order valence-corrected chi connectivity index (χ0v) is 8.21. The average Bonchev–Trinajstić information content (AvgIpc) is 2.09. The van der Waals surface area contributed by atoms with Crippen LogP contribution in [-0.2, 0) is 4.79 Å². The van der Waals surface area contributed by atoms with E-state index in [1.165, 1.54) is 4.90 Å². The summed E-state index contributed by atoms with van der Waals surface area (Å²) < 4.78 is 36.6. The highest BCUT2D eigenvalue weighted by atomic mass is 19.4. The van der Waals surface area contributed by atoms with Crippen LogP contribution in [0, 0.1) is 17.2 Å². The lowest BCUT2D eigenvalue weighted by Crippen LogP contribution is -2.40. The Bertz CT molecular complexity index is 259. The Morgan fingerprint density at radius 1 is 1.60 bits per heavy atom. The van der Waals surface area contributed by atoms with Crippen LogP contribution < -0.4 is 5.73 Å². The van der Waals surface area contributed by atoms with Crippen LogP contribution in [0.15, 0.2) is 0 Å². The molecule has 0 saturated heterocycles. The molecule has 0 heterocycles. The minimum atomic E-state index is -4.57. The molecule has 0 aliphatic heterocycles. The third-order valence-electron chi connectivity index (χ3n) is 1.82. The molecule has 1 amide bonds. The van der Waals surface area contributed by atoms with Crippen molar-refractivity contribution in [2.75, 3.05) is 19.6 Å². The summed E-state index contributed by atoms with van der Waals surface area (Å²) in [6, 6.07) is 1.16. The van der Waals surface area contributed by atoms with Gasteiger partial charge in [0.15, 0.2) is 5.92 Å². The topological polar surface area (TPSA) is 70.1 Å². The van der Waals surface area contributed by atoms with Crippen molar-refractivity contribution in [3.63, 3.8) is 0 Å². The van der Waals surface area contributed by atoms with E-state index in [9.17, 15) is 18.0 Å². The molecule has 1 atom stereocenters. The Morgan fingerprint density at radius 2 is 2.13 bits per heavy atom. The fourth-order valence-corrected chi connectivity index (χ4v) is 1.00. The van der Waals surface area contributed by atoms with Crippen LogP contribution in [0.3, 0.4) is 0 Å². The third kappa shape index (κ3) is 5.22. The molecule has 0 spiro atoms. The first kappa shape index (κ1) is 13.7. The second-order valence-electron chi connectivity index (χ2n) is 3.02. The summed E-state index contributed by atoms with van der Waals surface area (Å²) in [6.07, 6.45) is -4.57. The lowest BCUT2D eigenvalue weighted by atomic mass is 10.1. The molecule has 1 unspecified atom stereocenters. The standard InChI is InChI=1S/C8H12F3N3O/c1-2-14(5-7(13)15)4-6(3-12)8(9,10)11/h6H,2,4-5H2,1H3,(H2,13,15). The molecule has 15 heavy (non-hydrogen) atoms. The molecule has 4 nitrogen and oxygen atoms in total. The van der Waals surface area contributed by atoms with E-state index >= 15 is 0 Å². The van der Waals surface area contributed by atoms with E-state index in [4.69, 9.17) is 11.0 Å². The molecular formula is C8H12F3N3O. The minimum Gasteiger partial charge on any atom is -0.369 e. The molecule has 0 bridgehead atoms. The summed E-state index contributed by atoms with van der Waals surface area (Å²) in [6.45, 7) is 1.02. The van der Waals surface area contributed by atoms with Gasteiger partial charge in [0.2, 0.25) is 5.91 Å². The molecule has 0 aromatic rings. The molecule has 0 aromatic heterocycles. The molecule has 0 rings (SSSR count). The summed E-state index contributed by atoms with van der Waals surface area (Å²) >= 11 is 0.